The van der Waals surface area contributed by atoms with Crippen molar-refractivity contribution in [1.29, 1.82) is 0 Å². The van der Waals surface area contributed by atoms with E-state index in [4.69, 9.17) is 15.2 Å². The molecule has 3 N–H and O–H groups in total. The number of anilines is 1. The molecule has 0 radical (unpaired) electrons. The summed E-state index contributed by atoms with van der Waals surface area (Å²) < 4.78 is 10.8. The standard InChI is InChI=1S/C24H25N3O5S/c1-3-31-17-10-9-14-7-5-6-8-15(14)19(17)22(29)26-23-20(21(25)28)16-11-12-27(13-18(16)33-23)24(30)32-4-2/h5-10H,3-4,11-13H2,1-2H3,(H2,25,28)(H,26,29). The fourth-order valence-electron chi connectivity index (χ4n) is 4.05. The lowest BCUT2D eigenvalue weighted by atomic mass is 10.0. The highest BCUT2D eigenvalue weighted by atomic mass is 32.1. The molecule has 8 nitrogen and oxygen atoms in total. The number of nitrogens with zero attached hydrogens (tertiary/aromatic N) is 1. The number of hydrogen-bond acceptors (Lipinski definition) is 6. The predicted molar refractivity (Wildman–Crippen MR) is 127 cm³/mol. The zero-order valence-corrected chi connectivity index (χ0v) is 19.3. The van der Waals surface area contributed by atoms with Gasteiger partial charge in [-0.15, -0.1) is 11.3 Å². The lowest BCUT2D eigenvalue weighted by molar-refractivity contribution is 0.0997. The molecule has 0 aliphatic carbocycles. The number of benzene rings is 2. The van der Waals surface area contributed by atoms with Crippen LogP contribution in [0.5, 0.6) is 5.75 Å². The Bertz CT molecular complexity index is 1240. The molecule has 4 rings (SSSR count). The van der Waals surface area contributed by atoms with Crippen LogP contribution in [0.15, 0.2) is 36.4 Å². The van der Waals surface area contributed by atoms with E-state index in [0.29, 0.717) is 48.0 Å². The van der Waals surface area contributed by atoms with Crippen LogP contribution in [0.25, 0.3) is 10.8 Å². The number of hydrogen-bond donors (Lipinski definition) is 2. The van der Waals surface area contributed by atoms with Gasteiger partial charge in [0.2, 0.25) is 0 Å². The van der Waals surface area contributed by atoms with Crippen molar-refractivity contribution in [1.82, 2.24) is 4.90 Å². The van der Waals surface area contributed by atoms with Gasteiger partial charge in [-0.2, -0.15) is 0 Å². The van der Waals surface area contributed by atoms with Gasteiger partial charge in [-0.1, -0.05) is 30.3 Å². The molecule has 1 aromatic heterocycles. The Morgan fingerprint density at radius 3 is 2.61 bits per heavy atom. The molecule has 33 heavy (non-hydrogen) atoms. The zero-order chi connectivity index (χ0) is 23.5. The van der Waals surface area contributed by atoms with Gasteiger partial charge in [0.1, 0.15) is 10.8 Å². The number of fused-ring (bicyclic) bond motifs is 2. The molecule has 0 saturated heterocycles. The van der Waals surface area contributed by atoms with Crippen molar-refractivity contribution in [2.45, 2.75) is 26.8 Å². The smallest absolute Gasteiger partial charge is 0.410 e. The number of thiophene rings is 1. The van der Waals surface area contributed by atoms with Gasteiger partial charge < -0.3 is 25.4 Å². The SMILES string of the molecule is CCOC(=O)N1CCc2c(sc(NC(=O)c3c(OCC)ccc4ccccc34)c2C(N)=O)C1. The molecule has 0 unspecified atom stereocenters. The average molecular weight is 468 g/mol. The van der Waals surface area contributed by atoms with Crippen molar-refractivity contribution in [2.24, 2.45) is 5.73 Å². The first-order valence-electron chi connectivity index (χ1n) is 10.8. The molecule has 0 bridgehead atoms. The summed E-state index contributed by atoms with van der Waals surface area (Å²) in [7, 11) is 0. The maximum Gasteiger partial charge on any atom is 0.410 e. The van der Waals surface area contributed by atoms with Gasteiger partial charge in [0, 0.05) is 11.4 Å². The third kappa shape index (κ3) is 4.36. The minimum absolute atomic E-state index is 0.285. The van der Waals surface area contributed by atoms with Crippen LogP contribution in [-0.2, 0) is 17.7 Å². The molecule has 0 saturated carbocycles. The van der Waals surface area contributed by atoms with Crippen molar-refractivity contribution in [3.63, 3.8) is 0 Å². The summed E-state index contributed by atoms with van der Waals surface area (Å²) in [6.45, 7) is 5.00. The largest absolute Gasteiger partial charge is 0.493 e. The molecule has 9 heteroatoms. The molecule has 0 fully saturated rings. The van der Waals surface area contributed by atoms with E-state index in [9.17, 15) is 14.4 Å². The molecular formula is C24H25N3O5S. The van der Waals surface area contributed by atoms with Gasteiger partial charge in [-0.25, -0.2) is 4.79 Å². The molecule has 2 aromatic carbocycles. The number of nitrogens with one attached hydrogen (secondary N) is 1. The summed E-state index contributed by atoms with van der Waals surface area (Å²) in [5.41, 5.74) is 7.15. The summed E-state index contributed by atoms with van der Waals surface area (Å²) in [4.78, 5) is 40.3. The fourth-order valence-corrected chi connectivity index (χ4v) is 5.31. The van der Waals surface area contributed by atoms with E-state index in [1.54, 1.807) is 17.9 Å². The topological polar surface area (TPSA) is 111 Å². The van der Waals surface area contributed by atoms with Crippen molar-refractivity contribution in [3.05, 3.63) is 58.0 Å². The fraction of sp³-hybridized carbons (Fsp3) is 0.292. The number of rotatable bonds is 6. The summed E-state index contributed by atoms with van der Waals surface area (Å²) >= 11 is 1.25. The van der Waals surface area contributed by atoms with E-state index in [2.05, 4.69) is 5.32 Å². The summed E-state index contributed by atoms with van der Waals surface area (Å²) in [6, 6.07) is 11.2. The number of carbonyl (C=O) groups is 3. The van der Waals surface area contributed by atoms with E-state index < -0.39 is 17.9 Å². The van der Waals surface area contributed by atoms with Gasteiger partial charge in [-0.05, 0) is 42.7 Å². The van der Waals surface area contributed by atoms with Crippen LogP contribution in [0.2, 0.25) is 0 Å². The van der Waals surface area contributed by atoms with E-state index in [0.717, 1.165) is 21.2 Å². The van der Waals surface area contributed by atoms with Gasteiger partial charge in [0.15, 0.2) is 0 Å². The Balaban J connectivity index is 1.71. The van der Waals surface area contributed by atoms with E-state index in [1.807, 2.05) is 37.3 Å². The molecule has 2 heterocycles. The van der Waals surface area contributed by atoms with Crippen LogP contribution in [0.4, 0.5) is 9.80 Å². The lowest BCUT2D eigenvalue weighted by Gasteiger charge is -2.26. The molecule has 0 atom stereocenters. The van der Waals surface area contributed by atoms with Crippen LogP contribution in [0, 0.1) is 0 Å². The van der Waals surface area contributed by atoms with Gasteiger partial charge in [0.05, 0.1) is 30.9 Å². The first-order valence-corrected chi connectivity index (χ1v) is 11.6. The molecule has 3 amide bonds. The zero-order valence-electron chi connectivity index (χ0n) is 18.5. The van der Waals surface area contributed by atoms with E-state index in [-0.39, 0.29) is 6.61 Å². The van der Waals surface area contributed by atoms with Gasteiger partial charge in [0.25, 0.3) is 11.8 Å². The number of ether oxygens (including phenoxy) is 2. The first-order chi connectivity index (χ1) is 15.9. The predicted octanol–water partition coefficient (Wildman–Crippen LogP) is 4.17. The molecule has 1 aliphatic heterocycles. The van der Waals surface area contributed by atoms with E-state index in [1.165, 1.54) is 11.3 Å². The Labute approximate surface area is 195 Å². The summed E-state index contributed by atoms with van der Waals surface area (Å²) in [5, 5.41) is 4.91. The number of primary amides is 1. The highest BCUT2D eigenvalue weighted by molar-refractivity contribution is 7.17. The quantitative estimate of drug-likeness (QED) is 0.565. The second-order valence-electron chi connectivity index (χ2n) is 7.49. The molecule has 1 aliphatic rings. The minimum Gasteiger partial charge on any atom is -0.493 e. The number of nitrogens with two attached hydrogens (primary N) is 1. The normalized spacial score (nSPS) is 12.8. The first kappa shape index (κ1) is 22.6. The third-order valence-corrected chi connectivity index (χ3v) is 6.61. The van der Waals surface area contributed by atoms with Crippen molar-refractivity contribution < 1.29 is 23.9 Å². The average Bonchev–Trinajstić information content (AvgIpc) is 3.16. The molecule has 3 aromatic rings. The Kier molecular flexibility index (Phi) is 6.50. The number of carbonyl (C=O) groups excluding carboxylic acids is 3. The van der Waals surface area contributed by atoms with Crippen LogP contribution < -0.4 is 15.8 Å². The summed E-state index contributed by atoms with van der Waals surface area (Å²) in [6.07, 6.45) is 0.0527. The molecular weight excluding hydrogens is 442 g/mol. The molecule has 0 spiro atoms. The molecule has 172 valence electrons. The Morgan fingerprint density at radius 2 is 1.88 bits per heavy atom. The van der Waals surface area contributed by atoms with Gasteiger partial charge in [-0.3, -0.25) is 9.59 Å². The Morgan fingerprint density at radius 1 is 1.09 bits per heavy atom. The van der Waals surface area contributed by atoms with Crippen LogP contribution in [0.1, 0.15) is 45.0 Å². The summed E-state index contributed by atoms with van der Waals surface area (Å²) in [5.74, 6) is -0.543. The Hall–Kier alpha value is -3.59. The van der Waals surface area contributed by atoms with Crippen LogP contribution >= 0.6 is 11.3 Å². The van der Waals surface area contributed by atoms with Crippen LogP contribution in [-0.4, -0.2) is 42.6 Å². The van der Waals surface area contributed by atoms with Gasteiger partial charge >= 0.3 is 6.09 Å². The minimum atomic E-state index is -0.615. The monoisotopic (exact) mass is 467 g/mol. The second-order valence-corrected chi connectivity index (χ2v) is 8.59. The van der Waals surface area contributed by atoms with E-state index >= 15 is 0 Å². The van der Waals surface area contributed by atoms with Crippen molar-refractivity contribution in [2.75, 3.05) is 25.1 Å². The van der Waals surface area contributed by atoms with Crippen molar-refractivity contribution in [3.8, 4) is 5.75 Å². The maximum absolute atomic E-state index is 13.4. The second kappa shape index (κ2) is 9.50. The number of amides is 3. The van der Waals surface area contributed by atoms with Crippen LogP contribution in [0.3, 0.4) is 0 Å². The highest BCUT2D eigenvalue weighted by Crippen LogP contribution is 2.38. The van der Waals surface area contributed by atoms with Crippen molar-refractivity contribution >= 4 is 45.0 Å². The maximum atomic E-state index is 13.4. The lowest BCUT2D eigenvalue weighted by Crippen LogP contribution is -2.36. The third-order valence-electron chi connectivity index (χ3n) is 5.47. The highest BCUT2D eigenvalue weighted by Gasteiger charge is 2.30.